The zero-order valence-corrected chi connectivity index (χ0v) is 20.1. The smallest absolute Gasteiger partial charge is 0.306 e. The van der Waals surface area contributed by atoms with Crippen LogP contribution in [0.3, 0.4) is 0 Å². The molecule has 0 aliphatic heterocycles. The summed E-state index contributed by atoms with van der Waals surface area (Å²) < 4.78 is 30.5. The maximum absolute atomic E-state index is 13.3. The fraction of sp³-hybridized carbons (Fsp3) is 0.360. The lowest BCUT2D eigenvalue weighted by Crippen LogP contribution is -2.37. The Morgan fingerprint density at radius 2 is 1.86 bits per heavy atom. The molecule has 1 unspecified atom stereocenters. The summed E-state index contributed by atoms with van der Waals surface area (Å²) in [6, 6.07) is 9.14. The van der Waals surface area contributed by atoms with Crippen LogP contribution in [0.15, 0.2) is 47.5 Å². The molecule has 0 radical (unpaired) electrons. The summed E-state index contributed by atoms with van der Waals surface area (Å²) in [7, 11) is 4.54. The highest BCUT2D eigenvalue weighted by atomic mass is 19.1. The van der Waals surface area contributed by atoms with Crippen LogP contribution in [0.5, 0.6) is 11.5 Å². The van der Waals surface area contributed by atoms with Gasteiger partial charge in [0, 0.05) is 32.6 Å². The molecule has 0 saturated heterocycles. The normalized spacial score (nSPS) is 11.7. The number of likely N-dealkylation sites (N-methyl/N-ethyl adjacent to an activating group) is 1. The Hall–Kier alpha value is -3.95. The fourth-order valence-corrected chi connectivity index (χ4v) is 3.64. The lowest BCUT2D eigenvalue weighted by molar-refractivity contribution is -0.158. The second kappa shape index (κ2) is 11.5. The average molecular weight is 486 g/mol. The fourth-order valence-electron chi connectivity index (χ4n) is 3.64. The van der Waals surface area contributed by atoms with E-state index in [-0.39, 0.29) is 30.9 Å². The first kappa shape index (κ1) is 25.7. The number of methoxy groups -OCH3 is 2. The van der Waals surface area contributed by atoms with Crippen molar-refractivity contribution in [3.63, 3.8) is 0 Å². The van der Waals surface area contributed by atoms with Gasteiger partial charge in [0.15, 0.2) is 17.6 Å². The monoisotopic (exact) mass is 485 g/mol. The van der Waals surface area contributed by atoms with E-state index < -0.39 is 18.0 Å². The number of rotatable bonds is 10. The van der Waals surface area contributed by atoms with Gasteiger partial charge >= 0.3 is 5.97 Å². The number of fused-ring (bicyclic) bond motifs is 1. The molecule has 2 aromatic carbocycles. The number of benzene rings is 2. The molecule has 0 spiro atoms. The van der Waals surface area contributed by atoms with Gasteiger partial charge in [0.2, 0.25) is 0 Å². The molecule has 0 aliphatic carbocycles. The highest BCUT2D eigenvalue weighted by Gasteiger charge is 2.21. The Balaban J connectivity index is 1.54. The number of hydrogen-bond acceptors (Lipinski definition) is 7. The van der Waals surface area contributed by atoms with Gasteiger partial charge in [0.25, 0.3) is 11.5 Å². The number of aromatic nitrogens is 2. The van der Waals surface area contributed by atoms with E-state index in [1.54, 1.807) is 31.3 Å². The molecule has 1 heterocycles. The highest BCUT2D eigenvalue weighted by molar-refractivity contribution is 5.83. The molecule has 3 rings (SSSR count). The number of carbonyl (C=O) groups is 2. The summed E-state index contributed by atoms with van der Waals surface area (Å²) in [6.45, 7) is 1.92. The first-order valence-electron chi connectivity index (χ1n) is 11.0. The molecule has 186 valence electrons. The molecule has 0 N–H and O–H groups in total. The number of hydrogen-bond donors (Lipinski definition) is 0. The van der Waals surface area contributed by atoms with Gasteiger partial charge in [-0.05, 0) is 37.1 Å². The molecule has 0 fully saturated rings. The molecule has 35 heavy (non-hydrogen) atoms. The van der Waals surface area contributed by atoms with Crippen LogP contribution in [-0.4, -0.2) is 53.7 Å². The molecule has 1 aromatic heterocycles. The first-order valence-corrected chi connectivity index (χ1v) is 11.0. The first-order chi connectivity index (χ1) is 16.7. The quantitative estimate of drug-likeness (QED) is 0.407. The van der Waals surface area contributed by atoms with Gasteiger partial charge in [-0.15, -0.1) is 0 Å². The van der Waals surface area contributed by atoms with Crippen LogP contribution >= 0.6 is 0 Å². The topological polar surface area (TPSA) is 100.0 Å². The van der Waals surface area contributed by atoms with E-state index in [2.05, 4.69) is 4.98 Å². The van der Waals surface area contributed by atoms with Gasteiger partial charge in [-0.25, -0.2) is 9.37 Å². The number of ether oxygens (including phenoxy) is 3. The van der Waals surface area contributed by atoms with Crippen molar-refractivity contribution in [2.24, 2.45) is 0 Å². The van der Waals surface area contributed by atoms with Crippen LogP contribution in [-0.2, 0) is 27.4 Å². The zero-order valence-electron chi connectivity index (χ0n) is 20.1. The second-order valence-electron chi connectivity index (χ2n) is 8.03. The van der Waals surface area contributed by atoms with Crippen molar-refractivity contribution < 1.29 is 28.2 Å². The predicted molar refractivity (Wildman–Crippen MR) is 127 cm³/mol. The third-order valence-corrected chi connectivity index (χ3v) is 5.45. The van der Waals surface area contributed by atoms with Gasteiger partial charge in [0.05, 0.1) is 31.4 Å². The summed E-state index contributed by atoms with van der Waals surface area (Å²) >= 11 is 0. The zero-order chi connectivity index (χ0) is 25.5. The van der Waals surface area contributed by atoms with Crippen molar-refractivity contribution in [2.45, 2.75) is 39.0 Å². The largest absolute Gasteiger partial charge is 0.493 e. The minimum atomic E-state index is -0.992. The molecule has 0 aliphatic rings. The van der Waals surface area contributed by atoms with Crippen molar-refractivity contribution in [3.8, 4) is 11.5 Å². The maximum Gasteiger partial charge on any atom is 0.306 e. The van der Waals surface area contributed by atoms with E-state index in [1.807, 2.05) is 0 Å². The number of carbonyl (C=O) groups excluding carboxylic acids is 2. The SMILES string of the molecule is COc1cc2ncn(CCCC(=O)OC(C)C(=O)N(C)Cc3cccc(F)c3)c(=O)c2cc1OC. The summed E-state index contributed by atoms with van der Waals surface area (Å²) in [5.41, 5.74) is 0.828. The van der Waals surface area contributed by atoms with Gasteiger partial charge in [-0.1, -0.05) is 12.1 Å². The summed E-state index contributed by atoms with van der Waals surface area (Å²) in [5.74, 6) is -0.457. The van der Waals surface area contributed by atoms with Crippen LogP contribution < -0.4 is 15.0 Å². The van der Waals surface area contributed by atoms with E-state index >= 15 is 0 Å². The molecule has 10 heteroatoms. The van der Waals surface area contributed by atoms with Crippen LogP contribution in [0.4, 0.5) is 4.39 Å². The number of amides is 1. The van der Waals surface area contributed by atoms with Crippen molar-refractivity contribution in [1.82, 2.24) is 14.5 Å². The van der Waals surface area contributed by atoms with E-state index in [4.69, 9.17) is 14.2 Å². The van der Waals surface area contributed by atoms with Crippen molar-refractivity contribution in [1.29, 1.82) is 0 Å². The molecule has 1 atom stereocenters. The van der Waals surface area contributed by atoms with E-state index in [1.165, 1.54) is 49.1 Å². The Labute approximate surface area is 202 Å². The number of halogens is 1. The third kappa shape index (κ3) is 6.34. The second-order valence-corrected chi connectivity index (χ2v) is 8.03. The van der Waals surface area contributed by atoms with Crippen molar-refractivity contribution in [3.05, 3.63) is 64.5 Å². The maximum atomic E-state index is 13.3. The third-order valence-electron chi connectivity index (χ3n) is 5.45. The Kier molecular flexibility index (Phi) is 8.40. The van der Waals surface area contributed by atoms with Crippen molar-refractivity contribution in [2.75, 3.05) is 21.3 Å². The lowest BCUT2D eigenvalue weighted by Gasteiger charge is -2.21. The molecule has 1 amide bonds. The van der Waals surface area contributed by atoms with Crippen LogP contribution in [0.2, 0.25) is 0 Å². The van der Waals surface area contributed by atoms with Crippen LogP contribution in [0.25, 0.3) is 10.9 Å². The van der Waals surface area contributed by atoms with E-state index in [9.17, 15) is 18.8 Å². The summed E-state index contributed by atoms with van der Waals surface area (Å²) in [5, 5.41) is 0.369. The Bertz CT molecular complexity index is 1280. The molecule has 0 bridgehead atoms. The number of nitrogens with zero attached hydrogens (tertiary/aromatic N) is 3. The van der Waals surface area contributed by atoms with Crippen LogP contribution in [0.1, 0.15) is 25.3 Å². The minimum absolute atomic E-state index is 0.0155. The molecular formula is C25H28FN3O6. The Morgan fingerprint density at radius 3 is 2.54 bits per heavy atom. The van der Waals surface area contributed by atoms with Crippen molar-refractivity contribution >= 4 is 22.8 Å². The highest BCUT2D eigenvalue weighted by Crippen LogP contribution is 2.29. The predicted octanol–water partition coefficient (Wildman–Crippen LogP) is 2.92. The molecule has 9 nitrogen and oxygen atoms in total. The number of esters is 1. The van der Waals surface area contributed by atoms with Gasteiger partial charge < -0.3 is 19.1 Å². The van der Waals surface area contributed by atoms with E-state index in [0.717, 1.165) is 0 Å². The van der Waals surface area contributed by atoms with Gasteiger partial charge in [-0.3, -0.25) is 19.0 Å². The standard InChI is InChI=1S/C25H28FN3O6/c1-16(24(31)28(2)14-17-7-5-8-18(26)11-17)35-23(30)9-6-10-29-15-27-20-13-22(34-4)21(33-3)12-19(20)25(29)32/h5,7-8,11-13,15-16H,6,9-10,14H2,1-4H3. The van der Waals surface area contributed by atoms with Gasteiger partial charge in [0.1, 0.15) is 5.82 Å². The summed E-state index contributed by atoms with van der Waals surface area (Å²) in [4.78, 5) is 43.2. The van der Waals surface area contributed by atoms with Crippen LogP contribution in [0, 0.1) is 5.82 Å². The molecule has 3 aromatic rings. The minimum Gasteiger partial charge on any atom is -0.493 e. The van der Waals surface area contributed by atoms with E-state index in [0.29, 0.717) is 34.4 Å². The summed E-state index contributed by atoms with van der Waals surface area (Å²) in [6.07, 6.45) is 0.754. The molecule has 0 saturated carbocycles. The molecular weight excluding hydrogens is 457 g/mol. The van der Waals surface area contributed by atoms with Gasteiger partial charge in [-0.2, -0.15) is 0 Å². The number of aryl methyl sites for hydroxylation is 1. The average Bonchev–Trinajstić information content (AvgIpc) is 2.84. The Morgan fingerprint density at radius 1 is 1.14 bits per heavy atom. The lowest BCUT2D eigenvalue weighted by atomic mass is 10.2.